The van der Waals surface area contributed by atoms with Crippen molar-refractivity contribution in [2.24, 2.45) is 0 Å². The first-order chi connectivity index (χ1) is 14.7. The quantitative estimate of drug-likeness (QED) is 0.326. The second-order valence-corrected chi connectivity index (χ2v) is 7.68. The maximum atomic E-state index is 4.76. The minimum atomic E-state index is 0.962. The van der Waals surface area contributed by atoms with Gasteiger partial charge in [0, 0.05) is 23.5 Å². The van der Waals surface area contributed by atoms with E-state index in [-0.39, 0.29) is 0 Å². The zero-order valence-corrected chi connectivity index (χ0v) is 17.1. The molecule has 5 aromatic rings. The average Bonchev–Trinajstić information content (AvgIpc) is 2.80. The Morgan fingerprint density at radius 3 is 2.13 bits per heavy atom. The van der Waals surface area contributed by atoms with Gasteiger partial charge in [-0.25, -0.2) is 0 Å². The average molecular weight is 386 g/mol. The van der Waals surface area contributed by atoms with Crippen LogP contribution >= 0.6 is 0 Å². The first-order valence-electron chi connectivity index (χ1n) is 10.2. The molecule has 0 aliphatic heterocycles. The molecule has 3 aromatic carbocycles. The number of aryl methyl sites for hydroxylation is 2. The largest absolute Gasteiger partial charge is 0.256 e. The van der Waals surface area contributed by atoms with Crippen LogP contribution in [0.25, 0.3) is 44.4 Å². The number of hydrogen-bond acceptors (Lipinski definition) is 2. The Balaban J connectivity index is 1.79. The van der Waals surface area contributed by atoms with Crippen molar-refractivity contribution in [2.45, 2.75) is 13.8 Å². The number of hydrogen-bond donors (Lipinski definition) is 0. The highest BCUT2D eigenvalue weighted by molar-refractivity contribution is 6.04. The highest BCUT2D eigenvalue weighted by Gasteiger charge is 2.16. The summed E-state index contributed by atoms with van der Waals surface area (Å²) < 4.78 is 0. The van der Waals surface area contributed by atoms with Crippen molar-refractivity contribution < 1.29 is 0 Å². The molecule has 2 heterocycles. The van der Waals surface area contributed by atoms with Gasteiger partial charge >= 0.3 is 0 Å². The van der Waals surface area contributed by atoms with Gasteiger partial charge in [-0.1, -0.05) is 60.2 Å². The SMILES string of the molecule is Cc1cccc(-c2ccnc(-c3cc(C)c4ccccc4c3-c3ccccn3)c2)c1. The Bertz CT molecular complexity index is 1350. The first kappa shape index (κ1) is 18.3. The topological polar surface area (TPSA) is 25.8 Å². The van der Waals surface area contributed by atoms with Crippen LogP contribution in [0.4, 0.5) is 0 Å². The third-order valence-corrected chi connectivity index (χ3v) is 5.56. The van der Waals surface area contributed by atoms with E-state index in [4.69, 9.17) is 4.98 Å². The molecule has 0 bridgehead atoms. The predicted octanol–water partition coefficient (Wildman–Crippen LogP) is 7.25. The molecule has 0 unspecified atom stereocenters. The van der Waals surface area contributed by atoms with Gasteiger partial charge in [-0.2, -0.15) is 0 Å². The van der Waals surface area contributed by atoms with E-state index in [0.29, 0.717) is 0 Å². The van der Waals surface area contributed by atoms with E-state index in [1.807, 2.05) is 24.5 Å². The van der Waals surface area contributed by atoms with Crippen LogP contribution in [0, 0.1) is 13.8 Å². The standard InChI is InChI=1S/C28H22N2/c1-19-8-7-9-21(16-19)22-13-15-30-27(18-22)25-17-20(2)23-10-3-4-11-24(23)28(25)26-12-5-6-14-29-26/h3-18H,1-2H3. The summed E-state index contributed by atoms with van der Waals surface area (Å²) in [6, 6.07) is 29.7. The molecule has 0 radical (unpaired) electrons. The van der Waals surface area contributed by atoms with Crippen molar-refractivity contribution in [1.82, 2.24) is 9.97 Å². The molecule has 2 aromatic heterocycles. The number of nitrogens with zero attached hydrogens (tertiary/aromatic N) is 2. The Morgan fingerprint density at radius 2 is 1.33 bits per heavy atom. The van der Waals surface area contributed by atoms with E-state index < -0.39 is 0 Å². The Labute approximate surface area is 176 Å². The van der Waals surface area contributed by atoms with E-state index in [2.05, 4.69) is 91.6 Å². The smallest absolute Gasteiger partial charge is 0.0715 e. The summed E-state index contributed by atoms with van der Waals surface area (Å²) in [5.74, 6) is 0. The van der Waals surface area contributed by atoms with Crippen molar-refractivity contribution in [3.8, 4) is 33.6 Å². The van der Waals surface area contributed by atoms with Crippen LogP contribution in [0.15, 0.2) is 97.3 Å². The minimum Gasteiger partial charge on any atom is -0.256 e. The lowest BCUT2D eigenvalue weighted by atomic mass is 9.90. The Morgan fingerprint density at radius 1 is 0.567 bits per heavy atom. The maximum Gasteiger partial charge on any atom is 0.0715 e. The first-order valence-corrected chi connectivity index (χ1v) is 10.2. The molecule has 2 heteroatoms. The lowest BCUT2D eigenvalue weighted by Crippen LogP contribution is -1.94. The van der Waals surface area contributed by atoms with Gasteiger partial charge in [0.15, 0.2) is 0 Å². The van der Waals surface area contributed by atoms with Crippen LogP contribution in [0.3, 0.4) is 0 Å². The van der Waals surface area contributed by atoms with Crippen molar-refractivity contribution in [1.29, 1.82) is 0 Å². The summed E-state index contributed by atoms with van der Waals surface area (Å²) in [6.07, 6.45) is 3.75. The predicted molar refractivity (Wildman–Crippen MR) is 125 cm³/mol. The van der Waals surface area contributed by atoms with Crippen LogP contribution in [-0.4, -0.2) is 9.97 Å². The second-order valence-electron chi connectivity index (χ2n) is 7.68. The van der Waals surface area contributed by atoms with Crippen molar-refractivity contribution in [2.75, 3.05) is 0 Å². The molecule has 0 saturated carbocycles. The molecule has 0 amide bonds. The molecule has 2 nitrogen and oxygen atoms in total. The van der Waals surface area contributed by atoms with Gasteiger partial charge in [0.25, 0.3) is 0 Å². The number of benzene rings is 3. The van der Waals surface area contributed by atoms with Gasteiger partial charge in [-0.3, -0.25) is 9.97 Å². The molecule has 0 aliphatic rings. The number of rotatable bonds is 3. The molecular weight excluding hydrogens is 364 g/mol. The molecule has 0 fully saturated rings. The molecule has 144 valence electrons. The summed E-state index contributed by atoms with van der Waals surface area (Å²) in [6.45, 7) is 4.29. The van der Waals surface area contributed by atoms with Crippen LogP contribution in [-0.2, 0) is 0 Å². The van der Waals surface area contributed by atoms with Crippen molar-refractivity contribution in [3.05, 3.63) is 108 Å². The molecule has 0 saturated heterocycles. The van der Waals surface area contributed by atoms with Gasteiger partial charge in [-0.15, -0.1) is 0 Å². The third kappa shape index (κ3) is 3.27. The highest BCUT2D eigenvalue weighted by atomic mass is 14.7. The minimum absolute atomic E-state index is 0.962. The second kappa shape index (κ2) is 7.57. The summed E-state index contributed by atoms with van der Waals surface area (Å²) in [4.78, 5) is 9.44. The van der Waals surface area contributed by atoms with Crippen LogP contribution in [0.2, 0.25) is 0 Å². The van der Waals surface area contributed by atoms with Gasteiger partial charge < -0.3 is 0 Å². The summed E-state index contributed by atoms with van der Waals surface area (Å²) in [5.41, 5.74) is 9.03. The summed E-state index contributed by atoms with van der Waals surface area (Å²) in [5, 5.41) is 2.45. The molecule has 0 atom stereocenters. The Hall–Kier alpha value is -3.78. The molecule has 0 aliphatic carbocycles. The summed E-state index contributed by atoms with van der Waals surface area (Å²) >= 11 is 0. The van der Waals surface area contributed by atoms with Crippen molar-refractivity contribution >= 4 is 10.8 Å². The van der Waals surface area contributed by atoms with Gasteiger partial charge in [-0.05, 0) is 71.6 Å². The number of pyridine rings is 2. The fraction of sp³-hybridized carbons (Fsp3) is 0.0714. The van der Waals surface area contributed by atoms with E-state index >= 15 is 0 Å². The summed E-state index contributed by atoms with van der Waals surface area (Å²) in [7, 11) is 0. The zero-order valence-electron chi connectivity index (χ0n) is 17.1. The Kier molecular flexibility index (Phi) is 4.61. The molecule has 30 heavy (non-hydrogen) atoms. The zero-order chi connectivity index (χ0) is 20.5. The van der Waals surface area contributed by atoms with E-state index in [1.165, 1.54) is 33.0 Å². The fourth-order valence-corrected chi connectivity index (χ4v) is 4.13. The van der Waals surface area contributed by atoms with Gasteiger partial charge in [0.05, 0.1) is 11.4 Å². The van der Waals surface area contributed by atoms with Crippen LogP contribution in [0.1, 0.15) is 11.1 Å². The normalized spacial score (nSPS) is 11.0. The van der Waals surface area contributed by atoms with Gasteiger partial charge in [0.1, 0.15) is 0 Å². The van der Waals surface area contributed by atoms with E-state index in [9.17, 15) is 0 Å². The number of fused-ring (bicyclic) bond motifs is 1. The van der Waals surface area contributed by atoms with Gasteiger partial charge in [0.2, 0.25) is 0 Å². The number of aromatic nitrogens is 2. The fourth-order valence-electron chi connectivity index (χ4n) is 4.13. The van der Waals surface area contributed by atoms with Crippen LogP contribution < -0.4 is 0 Å². The van der Waals surface area contributed by atoms with Crippen LogP contribution in [0.5, 0.6) is 0 Å². The van der Waals surface area contributed by atoms with E-state index in [1.54, 1.807) is 0 Å². The molecule has 5 rings (SSSR count). The van der Waals surface area contributed by atoms with Crippen molar-refractivity contribution in [3.63, 3.8) is 0 Å². The lowest BCUT2D eigenvalue weighted by molar-refractivity contribution is 1.30. The lowest BCUT2D eigenvalue weighted by Gasteiger charge is -2.15. The third-order valence-electron chi connectivity index (χ3n) is 5.56. The molecular formula is C28H22N2. The van der Waals surface area contributed by atoms with E-state index in [0.717, 1.165) is 22.5 Å². The monoisotopic (exact) mass is 386 g/mol. The highest BCUT2D eigenvalue weighted by Crippen LogP contribution is 2.39. The molecule has 0 N–H and O–H groups in total. The molecule has 0 spiro atoms. The maximum absolute atomic E-state index is 4.76.